The van der Waals surface area contributed by atoms with Gasteiger partial charge in [-0.15, -0.1) is 0 Å². The van der Waals surface area contributed by atoms with E-state index in [1.165, 1.54) is 19.5 Å². The molecule has 0 amide bonds. The number of nitrogens with one attached hydrogen (secondary N) is 1. The molecule has 4 heteroatoms. The Morgan fingerprint density at radius 3 is 2.93 bits per heavy atom. The molecule has 0 aromatic rings. The third-order valence-corrected chi connectivity index (χ3v) is 2.75. The van der Waals surface area contributed by atoms with E-state index in [4.69, 9.17) is 9.47 Å². The molecule has 0 aromatic heterocycles. The monoisotopic (exact) mass is 216 g/mol. The van der Waals surface area contributed by atoms with E-state index >= 15 is 0 Å². The van der Waals surface area contributed by atoms with Crippen molar-refractivity contribution in [3.05, 3.63) is 0 Å². The lowest BCUT2D eigenvalue weighted by Crippen LogP contribution is -2.33. The van der Waals surface area contributed by atoms with Gasteiger partial charge >= 0.3 is 0 Å². The molecule has 1 atom stereocenters. The van der Waals surface area contributed by atoms with Crippen LogP contribution in [0.25, 0.3) is 0 Å². The Bertz CT molecular complexity index is 156. The minimum absolute atomic E-state index is 0.689. The standard InChI is InChI=1S/C11H24N2O2/c1-3-12-11-4-5-13(10-11)6-7-15-9-8-14-2/h11-12H,3-10H2,1-2H3. The van der Waals surface area contributed by atoms with E-state index < -0.39 is 0 Å². The van der Waals surface area contributed by atoms with Gasteiger partial charge in [0.05, 0.1) is 19.8 Å². The van der Waals surface area contributed by atoms with Gasteiger partial charge in [-0.1, -0.05) is 6.92 Å². The zero-order valence-electron chi connectivity index (χ0n) is 10.00. The van der Waals surface area contributed by atoms with E-state index in [9.17, 15) is 0 Å². The van der Waals surface area contributed by atoms with Gasteiger partial charge in [0.2, 0.25) is 0 Å². The highest BCUT2D eigenvalue weighted by atomic mass is 16.5. The highest BCUT2D eigenvalue weighted by Gasteiger charge is 2.20. The molecule has 1 aliphatic heterocycles. The van der Waals surface area contributed by atoms with Crippen LogP contribution < -0.4 is 5.32 Å². The smallest absolute Gasteiger partial charge is 0.0700 e. The maximum Gasteiger partial charge on any atom is 0.0700 e. The van der Waals surface area contributed by atoms with Gasteiger partial charge in [0, 0.05) is 26.2 Å². The number of hydrogen-bond acceptors (Lipinski definition) is 4. The Hall–Kier alpha value is -0.160. The molecule has 1 rings (SSSR count). The van der Waals surface area contributed by atoms with Crippen LogP contribution in [0.4, 0.5) is 0 Å². The SMILES string of the molecule is CCNC1CCN(CCOCCOC)C1. The second kappa shape index (κ2) is 8.05. The molecular weight excluding hydrogens is 192 g/mol. The van der Waals surface area contributed by atoms with Crippen molar-refractivity contribution in [2.75, 3.05) is 53.1 Å². The fourth-order valence-electron chi connectivity index (χ4n) is 1.93. The molecule has 1 saturated heterocycles. The summed E-state index contributed by atoms with van der Waals surface area (Å²) in [4.78, 5) is 2.46. The molecule has 1 heterocycles. The average molecular weight is 216 g/mol. The first kappa shape index (κ1) is 12.9. The van der Waals surface area contributed by atoms with Gasteiger partial charge in [0.15, 0.2) is 0 Å². The van der Waals surface area contributed by atoms with Gasteiger partial charge in [0.25, 0.3) is 0 Å². The summed E-state index contributed by atoms with van der Waals surface area (Å²) >= 11 is 0. The van der Waals surface area contributed by atoms with E-state index in [-0.39, 0.29) is 0 Å². The maximum atomic E-state index is 5.44. The van der Waals surface area contributed by atoms with Crippen molar-refractivity contribution in [2.24, 2.45) is 0 Å². The minimum atomic E-state index is 0.689. The van der Waals surface area contributed by atoms with Gasteiger partial charge in [-0.3, -0.25) is 4.90 Å². The fourth-order valence-corrected chi connectivity index (χ4v) is 1.93. The third-order valence-electron chi connectivity index (χ3n) is 2.75. The predicted molar refractivity (Wildman–Crippen MR) is 61.2 cm³/mol. The van der Waals surface area contributed by atoms with Crippen LogP contribution in [0.3, 0.4) is 0 Å². The maximum absolute atomic E-state index is 5.44. The van der Waals surface area contributed by atoms with Gasteiger partial charge in [-0.05, 0) is 19.5 Å². The summed E-state index contributed by atoms with van der Waals surface area (Å²) in [5.74, 6) is 0. The zero-order chi connectivity index (χ0) is 10.9. The molecule has 1 N–H and O–H groups in total. The van der Waals surface area contributed by atoms with Gasteiger partial charge in [0.1, 0.15) is 0 Å². The molecule has 4 nitrogen and oxygen atoms in total. The highest BCUT2D eigenvalue weighted by Crippen LogP contribution is 2.07. The summed E-state index contributed by atoms with van der Waals surface area (Å²) in [5.41, 5.74) is 0. The van der Waals surface area contributed by atoms with E-state index in [2.05, 4.69) is 17.1 Å². The van der Waals surface area contributed by atoms with Crippen LogP contribution >= 0.6 is 0 Å². The molecule has 0 spiro atoms. The fraction of sp³-hybridized carbons (Fsp3) is 1.00. The van der Waals surface area contributed by atoms with E-state index in [0.717, 1.165) is 19.7 Å². The quantitative estimate of drug-likeness (QED) is 0.593. The largest absolute Gasteiger partial charge is 0.382 e. The number of likely N-dealkylation sites (N-methyl/N-ethyl adjacent to an activating group) is 1. The topological polar surface area (TPSA) is 33.7 Å². The molecule has 90 valence electrons. The molecule has 0 aliphatic carbocycles. The van der Waals surface area contributed by atoms with Crippen LogP contribution in [0.1, 0.15) is 13.3 Å². The van der Waals surface area contributed by atoms with Crippen molar-refractivity contribution in [1.29, 1.82) is 0 Å². The van der Waals surface area contributed by atoms with Crippen LogP contribution in [-0.4, -0.2) is 64.1 Å². The number of ether oxygens (including phenoxy) is 2. The zero-order valence-corrected chi connectivity index (χ0v) is 10.00. The van der Waals surface area contributed by atoms with Crippen molar-refractivity contribution >= 4 is 0 Å². The first-order chi connectivity index (χ1) is 7.36. The van der Waals surface area contributed by atoms with E-state index in [0.29, 0.717) is 19.3 Å². The number of rotatable bonds is 8. The number of nitrogens with zero attached hydrogens (tertiary/aromatic N) is 1. The predicted octanol–water partition coefficient (Wildman–Crippen LogP) is 0.333. The number of methoxy groups -OCH3 is 1. The summed E-state index contributed by atoms with van der Waals surface area (Å²) in [6.45, 7) is 8.88. The van der Waals surface area contributed by atoms with Crippen LogP contribution in [-0.2, 0) is 9.47 Å². The van der Waals surface area contributed by atoms with E-state index in [1.807, 2.05) is 0 Å². The third kappa shape index (κ3) is 5.47. The normalized spacial score (nSPS) is 22.4. The molecule has 0 saturated carbocycles. The Labute approximate surface area is 92.9 Å². The molecular formula is C11H24N2O2. The van der Waals surface area contributed by atoms with Crippen LogP contribution in [0.2, 0.25) is 0 Å². The van der Waals surface area contributed by atoms with Crippen molar-refractivity contribution in [3.63, 3.8) is 0 Å². The lowest BCUT2D eigenvalue weighted by molar-refractivity contribution is 0.0601. The lowest BCUT2D eigenvalue weighted by Gasteiger charge is -2.16. The molecule has 0 radical (unpaired) electrons. The van der Waals surface area contributed by atoms with Crippen LogP contribution in [0.15, 0.2) is 0 Å². The van der Waals surface area contributed by atoms with Crippen LogP contribution in [0.5, 0.6) is 0 Å². The van der Waals surface area contributed by atoms with Gasteiger partial charge in [-0.2, -0.15) is 0 Å². The Morgan fingerprint density at radius 2 is 2.20 bits per heavy atom. The Morgan fingerprint density at radius 1 is 1.33 bits per heavy atom. The van der Waals surface area contributed by atoms with Crippen molar-refractivity contribution in [2.45, 2.75) is 19.4 Å². The number of hydrogen-bond donors (Lipinski definition) is 1. The minimum Gasteiger partial charge on any atom is -0.382 e. The molecule has 0 bridgehead atoms. The summed E-state index contributed by atoms with van der Waals surface area (Å²) in [7, 11) is 1.70. The Balaban J connectivity index is 1.94. The molecule has 15 heavy (non-hydrogen) atoms. The Kier molecular flexibility index (Phi) is 6.92. The molecule has 1 aliphatic rings. The summed E-state index contributed by atoms with van der Waals surface area (Å²) in [5, 5.41) is 3.48. The highest BCUT2D eigenvalue weighted by molar-refractivity contribution is 4.80. The summed E-state index contributed by atoms with van der Waals surface area (Å²) in [6, 6.07) is 0.689. The second-order valence-corrected chi connectivity index (χ2v) is 3.95. The molecule has 1 fully saturated rings. The van der Waals surface area contributed by atoms with Crippen molar-refractivity contribution < 1.29 is 9.47 Å². The molecule has 1 unspecified atom stereocenters. The lowest BCUT2D eigenvalue weighted by atomic mass is 10.3. The van der Waals surface area contributed by atoms with E-state index in [1.54, 1.807) is 7.11 Å². The average Bonchev–Trinajstić information content (AvgIpc) is 2.66. The first-order valence-corrected chi connectivity index (χ1v) is 5.89. The second-order valence-electron chi connectivity index (χ2n) is 3.95. The van der Waals surface area contributed by atoms with Crippen LogP contribution in [0, 0.1) is 0 Å². The van der Waals surface area contributed by atoms with Gasteiger partial charge in [-0.25, -0.2) is 0 Å². The summed E-state index contributed by atoms with van der Waals surface area (Å²) in [6.07, 6.45) is 1.27. The van der Waals surface area contributed by atoms with Crippen molar-refractivity contribution in [1.82, 2.24) is 10.2 Å². The van der Waals surface area contributed by atoms with Crippen molar-refractivity contribution in [3.8, 4) is 0 Å². The molecule has 0 aromatic carbocycles. The first-order valence-electron chi connectivity index (χ1n) is 5.89. The summed E-state index contributed by atoms with van der Waals surface area (Å²) < 4.78 is 10.4. The number of likely N-dealkylation sites (tertiary alicyclic amines) is 1. The van der Waals surface area contributed by atoms with Gasteiger partial charge < -0.3 is 14.8 Å².